The van der Waals surface area contributed by atoms with Crippen molar-refractivity contribution in [3.05, 3.63) is 35.6 Å². The largest absolute Gasteiger partial charge is 0.481 e. The third-order valence-corrected chi connectivity index (χ3v) is 3.89. The normalized spacial score (nSPS) is 10.8. The van der Waals surface area contributed by atoms with Gasteiger partial charge in [0.25, 0.3) is 5.91 Å². The van der Waals surface area contributed by atoms with Gasteiger partial charge in [-0.25, -0.2) is 0 Å². The van der Waals surface area contributed by atoms with Crippen molar-refractivity contribution in [3.63, 3.8) is 0 Å². The fraction of sp³-hybridized carbons (Fsp3) is 0.444. The Kier molecular flexibility index (Phi) is 6.20. The van der Waals surface area contributed by atoms with Crippen LogP contribution in [0.25, 0.3) is 11.0 Å². The molecule has 1 heterocycles. The van der Waals surface area contributed by atoms with Crippen molar-refractivity contribution in [2.75, 3.05) is 6.54 Å². The number of carbonyl (C=O) groups excluding carboxylic acids is 1. The number of rotatable bonds is 9. The predicted octanol–water partition coefficient (Wildman–Crippen LogP) is 3.76. The Morgan fingerprint density at radius 2 is 1.96 bits per heavy atom. The molecule has 2 aromatic rings. The van der Waals surface area contributed by atoms with Gasteiger partial charge < -0.3 is 14.8 Å². The van der Waals surface area contributed by atoms with Crippen molar-refractivity contribution in [2.24, 2.45) is 0 Å². The number of benzene rings is 1. The summed E-state index contributed by atoms with van der Waals surface area (Å²) in [6, 6.07) is 5.90. The minimum absolute atomic E-state index is 0.123. The van der Waals surface area contributed by atoms with E-state index in [0.29, 0.717) is 18.5 Å². The summed E-state index contributed by atoms with van der Waals surface area (Å²) in [6.07, 6.45) is 5.96. The Balaban J connectivity index is 1.81. The van der Waals surface area contributed by atoms with Gasteiger partial charge in [-0.3, -0.25) is 9.59 Å². The van der Waals surface area contributed by atoms with E-state index in [0.717, 1.165) is 36.7 Å². The monoisotopic (exact) mass is 317 g/mol. The molecule has 2 rings (SSSR count). The van der Waals surface area contributed by atoms with Crippen LogP contribution in [0.15, 0.2) is 28.9 Å². The molecule has 1 aromatic carbocycles. The van der Waals surface area contributed by atoms with Crippen LogP contribution in [-0.2, 0) is 11.2 Å². The predicted molar refractivity (Wildman–Crippen MR) is 88.6 cm³/mol. The molecule has 1 amide bonds. The molecule has 23 heavy (non-hydrogen) atoms. The van der Waals surface area contributed by atoms with E-state index in [4.69, 9.17) is 9.52 Å². The molecule has 0 fully saturated rings. The molecule has 0 aliphatic heterocycles. The van der Waals surface area contributed by atoms with Gasteiger partial charge in [-0.05, 0) is 37.0 Å². The van der Waals surface area contributed by atoms with Crippen molar-refractivity contribution >= 4 is 22.8 Å². The number of unbranched alkanes of at least 4 members (excludes halogenated alkanes) is 3. The van der Waals surface area contributed by atoms with Gasteiger partial charge in [0, 0.05) is 18.4 Å². The van der Waals surface area contributed by atoms with Gasteiger partial charge in [0.05, 0.1) is 5.56 Å². The first-order valence-corrected chi connectivity index (χ1v) is 8.12. The number of amides is 1. The second-order valence-corrected chi connectivity index (χ2v) is 5.65. The summed E-state index contributed by atoms with van der Waals surface area (Å²) in [4.78, 5) is 22.6. The molecule has 0 saturated heterocycles. The maximum Gasteiger partial charge on any atom is 0.303 e. The summed E-state index contributed by atoms with van der Waals surface area (Å²) in [7, 11) is 0. The van der Waals surface area contributed by atoms with Crippen LogP contribution in [0.2, 0.25) is 0 Å². The molecule has 0 atom stereocenters. The number of aryl methyl sites for hydroxylation is 1. The third-order valence-electron chi connectivity index (χ3n) is 3.89. The Labute approximate surface area is 135 Å². The van der Waals surface area contributed by atoms with Crippen LogP contribution in [-0.4, -0.2) is 23.5 Å². The Bertz CT molecular complexity index is 675. The first-order valence-electron chi connectivity index (χ1n) is 8.12. The van der Waals surface area contributed by atoms with Crippen LogP contribution in [0.3, 0.4) is 0 Å². The van der Waals surface area contributed by atoms with Gasteiger partial charge in [0.2, 0.25) is 0 Å². The highest BCUT2D eigenvalue weighted by molar-refractivity contribution is 6.06. The molecule has 2 N–H and O–H groups in total. The number of carboxylic acids is 1. The molecule has 5 heteroatoms. The van der Waals surface area contributed by atoms with Crippen molar-refractivity contribution in [3.8, 4) is 0 Å². The summed E-state index contributed by atoms with van der Waals surface area (Å²) in [5, 5.41) is 12.3. The average molecular weight is 317 g/mol. The fourth-order valence-corrected chi connectivity index (χ4v) is 2.52. The number of fused-ring (bicyclic) bond motifs is 1. The van der Waals surface area contributed by atoms with Crippen molar-refractivity contribution in [1.82, 2.24) is 5.32 Å². The van der Waals surface area contributed by atoms with Crippen LogP contribution in [0.4, 0.5) is 0 Å². The van der Waals surface area contributed by atoms with Crippen molar-refractivity contribution in [2.45, 2.75) is 45.4 Å². The van der Waals surface area contributed by atoms with E-state index < -0.39 is 5.97 Å². The lowest BCUT2D eigenvalue weighted by atomic mass is 10.1. The minimum atomic E-state index is -0.753. The number of carbonyl (C=O) groups is 2. The lowest BCUT2D eigenvalue weighted by Gasteiger charge is -2.04. The van der Waals surface area contributed by atoms with Crippen LogP contribution >= 0.6 is 0 Å². The van der Waals surface area contributed by atoms with Gasteiger partial charge in [-0.15, -0.1) is 0 Å². The van der Waals surface area contributed by atoms with E-state index in [-0.39, 0.29) is 12.3 Å². The van der Waals surface area contributed by atoms with Crippen molar-refractivity contribution in [1.29, 1.82) is 0 Å². The quantitative estimate of drug-likeness (QED) is 0.690. The molecule has 0 bridgehead atoms. The second kappa shape index (κ2) is 8.36. The molecular formula is C18H23NO4. The number of furan rings is 1. The maximum absolute atomic E-state index is 12.2. The number of aliphatic carboxylic acids is 1. The topological polar surface area (TPSA) is 79.5 Å². The van der Waals surface area contributed by atoms with Crippen LogP contribution in [0, 0.1) is 0 Å². The van der Waals surface area contributed by atoms with Gasteiger partial charge in [-0.2, -0.15) is 0 Å². The number of nitrogens with one attached hydrogen (secondary N) is 1. The van der Waals surface area contributed by atoms with Crippen molar-refractivity contribution < 1.29 is 19.1 Å². The lowest BCUT2D eigenvalue weighted by molar-refractivity contribution is -0.137. The highest BCUT2D eigenvalue weighted by Gasteiger charge is 2.13. The van der Waals surface area contributed by atoms with Gasteiger partial charge in [-0.1, -0.05) is 25.8 Å². The molecule has 0 spiro atoms. The van der Waals surface area contributed by atoms with E-state index in [2.05, 4.69) is 12.2 Å². The Morgan fingerprint density at radius 3 is 2.70 bits per heavy atom. The Morgan fingerprint density at radius 1 is 1.17 bits per heavy atom. The highest BCUT2D eigenvalue weighted by Crippen LogP contribution is 2.22. The molecule has 0 saturated carbocycles. The minimum Gasteiger partial charge on any atom is -0.481 e. The molecule has 0 radical (unpaired) electrons. The first kappa shape index (κ1) is 17.1. The molecule has 0 aliphatic rings. The Hall–Kier alpha value is -2.30. The number of hydrogen-bond acceptors (Lipinski definition) is 3. The van der Waals surface area contributed by atoms with Crippen LogP contribution in [0.1, 0.15) is 54.9 Å². The number of hydrogen-bond donors (Lipinski definition) is 2. The molecule has 124 valence electrons. The van der Waals surface area contributed by atoms with E-state index in [9.17, 15) is 9.59 Å². The zero-order valence-corrected chi connectivity index (χ0v) is 13.4. The summed E-state index contributed by atoms with van der Waals surface area (Å²) in [6.45, 7) is 2.66. The van der Waals surface area contributed by atoms with Gasteiger partial charge >= 0.3 is 5.97 Å². The van der Waals surface area contributed by atoms with Gasteiger partial charge in [0.15, 0.2) is 0 Å². The van der Waals surface area contributed by atoms with Gasteiger partial charge in [0.1, 0.15) is 11.8 Å². The zero-order chi connectivity index (χ0) is 16.7. The highest BCUT2D eigenvalue weighted by atomic mass is 16.4. The summed E-state index contributed by atoms with van der Waals surface area (Å²) < 4.78 is 5.44. The van der Waals surface area contributed by atoms with Crippen LogP contribution < -0.4 is 5.32 Å². The molecule has 0 aliphatic carbocycles. The smallest absolute Gasteiger partial charge is 0.303 e. The second-order valence-electron chi connectivity index (χ2n) is 5.65. The summed E-state index contributed by atoms with van der Waals surface area (Å²) >= 11 is 0. The molecule has 1 aromatic heterocycles. The first-order chi connectivity index (χ1) is 11.1. The van der Waals surface area contributed by atoms with E-state index >= 15 is 0 Å². The molecule has 5 nitrogen and oxygen atoms in total. The third kappa shape index (κ3) is 4.84. The zero-order valence-electron chi connectivity index (χ0n) is 13.4. The fourth-order valence-electron chi connectivity index (χ4n) is 2.52. The average Bonchev–Trinajstić information content (AvgIpc) is 2.96. The SMILES string of the molecule is CCc1ccc2occ(C(=O)NCCCCCCC(=O)O)c2c1. The van der Waals surface area contributed by atoms with E-state index in [1.54, 1.807) is 0 Å². The number of carboxylic acid groups (broad SMARTS) is 1. The summed E-state index contributed by atoms with van der Waals surface area (Å²) in [5.41, 5.74) is 2.47. The standard InChI is InChI=1S/C18H23NO4/c1-2-13-8-9-16-14(11-13)15(12-23-16)18(22)19-10-6-4-3-5-7-17(20)21/h8-9,11-12H,2-7,10H2,1H3,(H,19,22)(H,20,21). The van der Waals surface area contributed by atoms with Crippen LogP contribution in [0.5, 0.6) is 0 Å². The maximum atomic E-state index is 12.2. The van der Waals surface area contributed by atoms with E-state index in [1.165, 1.54) is 11.8 Å². The lowest BCUT2D eigenvalue weighted by Crippen LogP contribution is -2.24. The molecular weight excluding hydrogens is 294 g/mol. The van der Waals surface area contributed by atoms with E-state index in [1.807, 2.05) is 18.2 Å². The molecule has 0 unspecified atom stereocenters. The summed E-state index contributed by atoms with van der Waals surface area (Å²) in [5.74, 6) is -0.876.